The molecule has 0 aliphatic carbocycles. The van der Waals surface area contributed by atoms with Crippen molar-refractivity contribution in [1.82, 2.24) is 24.3 Å². The molecule has 1 aliphatic rings. The van der Waals surface area contributed by atoms with Crippen molar-refractivity contribution in [3.8, 4) is 11.1 Å². The minimum atomic E-state index is 0.632. The van der Waals surface area contributed by atoms with Gasteiger partial charge < -0.3 is 4.90 Å². The zero-order chi connectivity index (χ0) is 19.1. The zero-order valence-electron chi connectivity index (χ0n) is 15.6. The van der Waals surface area contributed by atoms with Crippen molar-refractivity contribution < 1.29 is 0 Å². The predicted octanol–water partition coefficient (Wildman–Crippen LogP) is 4.56. The normalized spacial score (nSPS) is 13.2. The van der Waals surface area contributed by atoms with Crippen LogP contribution in [0.15, 0.2) is 74.0 Å². The molecule has 5 heteroatoms. The summed E-state index contributed by atoms with van der Waals surface area (Å²) in [4.78, 5) is 15.7. The van der Waals surface area contributed by atoms with Gasteiger partial charge in [0, 0.05) is 53.5 Å². The largest absolute Gasteiger partial charge is 0.342 e. The summed E-state index contributed by atoms with van der Waals surface area (Å²) in [6.45, 7) is 6.92. The number of hydrogen-bond acceptors (Lipinski definition) is 4. The molecule has 5 nitrogen and oxygen atoms in total. The fourth-order valence-corrected chi connectivity index (χ4v) is 3.54. The van der Waals surface area contributed by atoms with Crippen LogP contribution in [0.3, 0.4) is 0 Å². The maximum Gasteiger partial charge on any atom is 0.234 e. The molecule has 4 heterocycles. The minimum absolute atomic E-state index is 0.632. The van der Waals surface area contributed by atoms with E-state index < -0.39 is 0 Å². The Morgan fingerprint density at radius 2 is 1.82 bits per heavy atom. The summed E-state index contributed by atoms with van der Waals surface area (Å²) >= 11 is 0. The van der Waals surface area contributed by atoms with Crippen LogP contribution in [-0.4, -0.2) is 24.3 Å². The number of aromatic nitrogens is 4. The second-order valence-corrected chi connectivity index (χ2v) is 6.91. The van der Waals surface area contributed by atoms with Crippen molar-refractivity contribution in [2.24, 2.45) is 0 Å². The highest BCUT2D eigenvalue weighted by Gasteiger charge is 2.20. The minimum Gasteiger partial charge on any atom is -0.342 e. The third-order valence-electron chi connectivity index (χ3n) is 5.00. The number of aryl methyl sites for hydroxylation is 1. The average molecular weight is 365 g/mol. The van der Waals surface area contributed by atoms with Crippen molar-refractivity contribution in [3.05, 3.63) is 96.5 Å². The number of pyridine rings is 1. The highest BCUT2D eigenvalue weighted by Crippen LogP contribution is 2.34. The van der Waals surface area contributed by atoms with E-state index in [4.69, 9.17) is 0 Å². The molecule has 28 heavy (non-hydrogen) atoms. The van der Waals surface area contributed by atoms with Crippen LogP contribution in [0.4, 0.5) is 0 Å². The van der Waals surface area contributed by atoms with Gasteiger partial charge in [0.1, 0.15) is 0 Å². The summed E-state index contributed by atoms with van der Waals surface area (Å²) in [7, 11) is 0. The summed E-state index contributed by atoms with van der Waals surface area (Å²) < 4.78 is 1.95. The predicted molar refractivity (Wildman–Crippen MR) is 111 cm³/mol. The van der Waals surface area contributed by atoms with E-state index in [0.29, 0.717) is 6.54 Å². The second-order valence-electron chi connectivity index (χ2n) is 6.91. The van der Waals surface area contributed by atoms with Crippen LogP contribution in [0.25, 0.3) is 28.7 Å². The smallest absolute Gasteiger partial charge is 0.234 e. The SMILES string of the molecule is C=C1c2cncc(-c3ccccc3)c2C=CN1Cc1cn2ccc(C)nc2n1. The number of fused-ring (bicyclic) bond motifs is 2. The molecule has 0 spiro atoms. The fraction of sp³-hybridized carbons (Fsp3) is 0.0870. The molecule has 4 aromatic rings. The second kappa shape index (κ2) is 6.46. The number of imidazole rings is 1. The molecule has 0 fully saturated rings. The van der Waals surface area contributed by atoms with Crippen molar-refractivity contribution in [1.29, 1.82) is 0 Å². The van der Waals surface area contributed by atoms with E-state index in [1.54, 1.807) is 0 Å². The van der Waals surface area contributed by atoms with E-state index in [-0.39, 0.29) is 0 Å². The molecule has 5 rings (SSSR count). The Balaban J connectivity index is 1.48. The van der Waals surface area contributed by atoms with E-state index in [2.05, 4.69) is 50.8 Å². The highest BCUT2D eigenvalue weighted by atomic mass is 15.2. The average Bonchev–Trinajstić information content (AvgIpc) is 3.12. The van der Waals surface area contributed by atoms with Crippen LogP contribution in [0.5, 0.6) is 0 Å². The van der Waals surface area contributed by atoms with Gasteiger partial charge in [-0.3, -0.25) is 9.38 Å². The van der Waals surface area contributed by atoms with Crippen molar-refractivity contribution >= 4 is 17.6 Å². The number of nitrogens with zero attached hydrogens (tertiary/aromatic N) is 5. The molecule has 0 saturated heterocycles. The maximum absolute atomic E-state index is 4.64. The lowest BCUT2D eigenvalue weighted by atomic mass is 9.95. The van der Waals surface area contributed by atoms with E-state index in [1.165, 1.54) is 0 Å². The highest BCUT2D eigenvalue weighted by molar-refractivity contribution is 5.85. The van der Waals surface area contributed by atoms with Gasteiger partial charge in [-0.1, -0.05) is 36.9 Å². The summed E-state index contributed by atoms with van der Waals surface area (Å²) in [6.07, 6.45) is 12.0. The lowest BCUT2D eigenvalue weighted by Crippen LogP contribution is -2.18. The Morgan fingerprint density at radius 3 is 2.68 bits per heavy atom. The fourth-order valence-electron chi connectivity index (χ4n) is 3.54. The van der Waals surface area contributed by atoms with E-state index in [0.717, 1.165) is 45.1 Å². The van der Waals surface area contributed by atoms with Gasteiger partial charge in [-0.2, -0.15) is 0 Å². The molecule has 136 valence electrons. The van der Waals surface area contributed by atoms with Gasteiger partial charge in [-0.15, -0.1) is 0 Å². The molecule has 1 aromatic carbocycles. The van der Waals surface area contributed by atoms with Crippen LogP contribution >= 0.6 is 0 Å². The van der Waals surface area contributed by atoms with Crippen LogP contribution in [0.1, 0.15) is 22.5 Å². The van der Waals surface area contributed by atoms with Gasteiger partial charge >= 0.3 is 0 Å². The molecule has 3 aromatic heterocycles. The Bertz CT molecular complexity index is 1220. The summed E-state index contributed by atoms with van der Waals surface area (Å²) in [6, 6.07) is 12.3. The first-order chi connectivity index (χ1) is 13.7. The molecular formula is C23H19N5. The van der Waals surface area contributed by atoms with Gasteiger partial charge in [0.25, 0.3) is 0 Å². The quantitative estimate of drug-likeness (QED) is 0.534. The third kappa shape index (κ3) is 2.77. The molecule has 0 atom stereocenters. The first-order valence-electron chi connectivity index (χ1n) is 9.18. The molecule has 0 saturated carbocycles. The van der Waals surface area contributed by atoms with Gasteiger partial charge in [-0.05, 0) is 30.2 Å². The monoisotopic (exact) mass is 365 g/mol. The molecular weight excluding hydrogens is 346 g/mol. The van der Waals surface area contributed by atoms with Gasteiger partial charge in [0.15, 0.2) is 0 Å². The van der Waals surface area contributed by atoms with Crippen molar-refractivity contribution in [2.45, 2.75) is 13.5 Å². The van der Waals surface area contributed by atoms with Gasteiger partial charge in [-0.25, -0.2) is 9.97 Å². The molecule has 0 radical (unpaired) electrons. The molecule has 0 amide bonds. The molecule has 0 bridgehead atoms. The third-order valence-corrected chi connectivity index (χ3v) is 5.00. The lowest BCUT2D eigenvalue weighted by Gasteiger charge is -2.28. The number of rotatable bonds is 3. The van der Waals surface area contributed by atoms with Crippen LogP contribution in [-0.2, 0) is 6.54 Å². The maximum atomic E-state index is 4.64. The van der Waals surface area contributed by atoms with Crippen LogP contribution in [0, 0.1) is 6.92 Å². The molecule has 0 unspecified atom stereocenters. The Kier molecular flexibility index (Phi) is 3.79. The number of benzene rings is 1. The summed E-state index contributed by atoms with van der Waals surface area (Å²) in [5.74, 6) is 0.718. The Hall–Kier alpha value is -3.73. The Labute approximate surface area is 163 Å². The summed E-state index contributed by atoms with van der Waals surface area (Å²) in [5.41, 5.74) is 7.28. The van der Waals surface area contributed by atoms with E-state index in [9.17, 15) is 0 Å². The van der Waals surface area contributed by atoms with Gasteiger partial charge in [0.05, 0.1) is 12.2 Å². The summed E-state index contributed by atoms with van der Waals surface area (Å²) in [5, 5.41) is 0. The first-order valence-corrected chi connectivity index (χ1v) is 9.18. The topological polar surface area (TPSA) is 46.3 Å². The van der Waals surface area contributed by atoms with Crippen molar-refractivity contribution in [2.75, 3.05) is 0 Å². The van der Waals surface area contributed by atoms with E-state index in [1.807, 2.05) is 60.4 Å². The molecule has 0 N–H and O–H groups in total. The van der Waals surface area contributed by atoms with Gasteiger partial charge in [0.2, 0.25) is 5.78 Å². The lowest BCUT2D eigenvalue weighted by molar-refractivity contribution is 0.519. The molecule has 1 aliphatic heterocycles. The standard InChI is InChI=1S/C23H19N5/c1-16-8-10-28-15-19(26-23(28)25-16)14-27-11-9-20-21(17(27)2)12-24-13-22(20)18-6-4-3-5-7-18/h3-13,15H,2,14H2,1H3. The van der Waals surface area contributed by atoms with Crippen molar-refractivity contribution in [3.63, 3.8) is 0 Å². The Morgan fingerprint density at radius 1 is 1.00 bits per heavy atom. The number of hydrogen-bond donors (Lipinski definition) is 0. The van der Waals surface area contributed by atoms with Crippen LogP contribution in [0.2, 0.25) is 0 Å². The zero-order valence-corrected chi connectivity index (χ0v) is 15.6. The first kappa shape index (κ1) is 16.4. The van der Waals surface area contributed by atoms with Crippen LogP contribution < -0.4 is 0 Å². The van der Waals surface area contributed by atoms with E-state index >= 15 is 0 Å².